The predicted molar refractivity (Wildman–Crippen MR) is 57.2 cm³/mol. The molecule has 5 heteroatoms. The lowest BCUT2D eigenvalue weighted by Gasteiger charge is -2.01. The fourth-order valence-electron chi connectivity index (χ4n) is 1.02. The lowest BCUT2D eigenvalue weighted by atomic mass is 10.1. The first-order valence-corrected chi connectivity index (χ1v) is 4.85. The van der Waals surface area contributed by atoms with Crippen molar-refractivity contribution in [2.75, 3.05) is 7.11 Å². The zero-order chi connectivity index (χ0) is 11.4. The first-order valence-electron chi connectivity index (χ1n) is 4.09. The first-order chi connectivity index (χ1) is 7.04. The monoisotopic (exact) mass is 246 g/mol. The highest BCUT2D eigenvalue weighted by Gasteiger charge is 2.14. The van der Waals surface area contributed by atoms with Gasteiger partial charge in [0.2, 0.25) is 5.78 Å². The Balaban J connectivity index is 2.77. The summed E-state index contributed by atoms with van der Waals surface area (Å²) in [6.45, 7) is 0. The van der Waals surface area contributed by atoms with Crippen LogP contribution in [0.25, 0.3) is 0 Å². The first kappa shape index (κ1) is 12.0. The summed E-state index contributed by atoms with van der Waals surface area (Å²) in [5.41, 5.74) is 0.625. The van der Waals surface area contributed by atoms with Crippen molar-refractivity contribution >= 4 is 35.0 Å². The molecule has 0 aromatic heterocycles. The molecule has 0 spiro atoms. The third-order valence-electron chi connectivity index (χ3n) is 1.76. The van der Waals surface area contributed by atoms with E-state index in [0.29, 0.717) is 15.6 Å². The molecular formula is C10H8Cl2O3. The van der Waals surface area contributed by atoms with Crippen molar-refractivity contribution in [2.24, 2.45) is 0 Å². The van der Waals surface area contributed by atoms with Gasteiger partial charge in [-0.15, -0.1) is 0 Å². The summed E-state index contributed by atoms with van der Waals surface area (Å²) in [5.74, 6) is -1.48. The van der Waals surface area contributed by atoms with Gasteiger partial charge in [-0.2, -0.15) is 0 Å². The summed E-state index contributed by atoms with van der Waals surface area (Å²) in [4.78, 5) is 22.0. The molecule has 1 aromatic rings. The third kappa shape index (κ3) is 3.22. The molecule has 0 saturated carbocycles. The number of ketones is 1. The molecule has 0 atom stereocenters. The highest BCUT2D eigenvalue weighted by molar-refractivity contribution is 6.42. The highest BCUT2D eigenvalue weighted by Crippen LogP contribution is 2.22. The number of ether oxygens (including phenoxy) is 1. The SMILES string of the molecule is COC(=O)C(=O)Cc1ccc(Cl)c(Cl)c1. The Hall–Kier alpha value is -1.06. The zero-order valence-corrected chi connectivity index (χ0v) is 9.43. The molecule has 0 heterocycles. The molecule has 1 aromatic carbocycles. The quantitative estimate of drug-likeness (QED) is 0.607. The van der Waals surface area contributed by atoms with Gasteiger partial charge in [0.15, 0.2) is 0 Å². The van der Waals surface area contributed by atoms with Gasteiger partial charge >= 0.3 is 5.97 Å². The number of hydrogen-bond acceptors (Lipinski definition) is 3. The van der Waals surface area contributed by atoms with Gasteiger partial charge in [-0.05, 0) is 17.7 Å². The Morgan fingerprint density at radius 1 is 1.27 bits per heavy atom. The van der Waals surface area contributed by atoms with Crippen LogP contribution in [0.4, 0.5) is 0 Å². The van der Waals surface area contributed by atoms with Gasteiger partial charge in [0, 0.05) is 6.42 Å². The molecule has 80 valence electrons. The van der Waals surface area contributed by atoms with Crippen molar-refractivity contribution in [1.82, 2.24) is 0 Å². The predicted octanol–water partition coefficient (Wildman–Crippen LogP) is 2.28. The van der Waals surface area contributed by atoms with Gasteiger partial charge in [0.25, 0.3) is 0 Å². The van der Waals surface area contributed by atoms with E-state index in [1.807, 2.05) is 0 Å². The molecule has 3 nitrogen and oxygen atoms in total. The minimum atomic E-state index is -0.860. The summed E-state index contributed by atoms with van der Waals surface area (Å²) >= 11 is 11.4. The molecule has 15 heavy (non-hydrogen) atoms. The van der Waals surface area contributed by atoms with E-state index in [4.69, 9.17) is 23.2 Å². The van der Waals surface area contributed by atoms with Crippen LogP contribution in [0.5, 0.6) is 0 Å². The van der Waals surface area contributed by atoms with Crippen LogP contribution >= 0.6 is 23.2 Å². The van der Waals surface area contributed by atoms with Crippen LogP contribution in [0.3, 0.4) is 0 Å². The van der Waals surface area contributed by atoms with Gasteiger partial charge < -0.3 is 4.74 Å². The molecule has 0 N–H and O–H groups in total. The van der Waals surface area contributed by atoms with E-state index in [1.165, 1.54) is 0 Å². The number of carbonyl (C=O) groups is 2. The minimum Gasteiger partial charge on any atom is -0.463 e. The van der Waals surface area contributed by atoms with Gasteiger partial charge in [-0.3, -0.25) is 4.79 Å². The number of rotatable bonds is 3. The van der Waals surface area contributed by atoms with Crippen molar-refractivity contribution in [3.05, 3.63) is 33.8 Å². The van der Waals surface area contributed by atoms with Gasteiger partial charge in [-0.1, -0.05) is 29.3 Å². The minimum absolute atomic E-state index is 0.0381. The van der Waals surface area contributed by atoms with Crippen molar-refractivity contribution in [1.29, 1.82) is 0 Å². The maximum atomic E-state index is 11.2. The van der Waals surface area contributed by atoms with Crippen molar-refractivity contribution < 1.29 is 14.3 Å². The second-order valence-corrected chi connectivity index (χ2v) is 3.65. The van der Waals surface area contributed by atoms with Gasteiger partial charge in [0.05, 0.1) is 17.2 Å². The molecule has 0 aliphatic heterocycles. The number of esters is 1. The average Bonchev–Trinajstić information content (AvgIpc) is 2.22. The zero-order valence-electron chi connectivity index (χ0n) is 7.92. The molecule has 0 bridgehead atoms. The van der Waals surface area contributed by atoms with E-state index in [9.17, 15) is 9.59 Å². The summed E-state index contributed by atoms with van der Waals surface area (Å²) in [6.07, 6.45) is -0.0381. The van der Waals surface area contributed by atoms with Crippen LogP contribution in [0, 0.1) is 0 Å². The molecule has 0 saturated heterocycles. The number of Topliss-reactive ketones (excluding diaryl/α,β-unsaturated/α-hetero) is 1. The standard InChI is InChI=1S/C10H8Cl2O3/c1-15-10(14)9(13)5-6-2-3-7(11)8(12)4-6/h2-4H,5H2,1H3. The van der Waals surface area contributed by atoms with E-state index in [0.717, 1.165) is 7.11 Å². The average molecular weight is 247 g/mol. The maximum Gasteiger partial charge on any atom is 0.374 e. The molecular weight excluding hydrogens is 239 g/mol. The number of halogens is 2. The number of methoxy groups -OCH3 is 1. The van der Waals surface area contributed by atoms with Crippen molar-refractivity contribution in [3.8, 4) is 0 Å². The normalized spacial score (nSPS) is 9.80. The fraction of sp³-hybridized carbons (Fsp3) is 0.200. The van der Waals surface area contributed by atoms with E-state index in [2.05, 4.69) is 4.74 Å². The van der Waals surface area contributed by atoms with Crippen molar-refractivity contribution in [3.63, 3.8) is 0 Å². The van der Waals surface area contributed by atoms with Crippen LogP contribution in [0.15, 0.2) is 18.2 Å². The van der Waals surface area contributed by atoms with Crippen LogP contribution in [0.2, 0.25) is 10.0 Å². The second-order valence-electron chi connectivity index (χ2n) is 2.84. The lowest BCUT2D eigenvalue weighted by Crippen LogP contribution is -2.17. The van der Waals surface area contributed by atoms with Crippen LogP contribution in [0.1, 0.15) is 5.56 Å². The van der Waals surface area contributed by atoms with E-state index >= 15 is 0 Å². The van der Waals surface area contributed by atoms with E-state index in [-0.39, 0.29) is 6.42 Å². The molecule has 0 aliphatic rings. The molecule has 0 fully saturated rings. The number of hydrogen-bond donors (Lipinski definition) is 0. The smallest absolute Gasteiger partial charge is 0.374 e. The number of benzene rings is 1. The summed E-state index contributed by atoms with van der Waals surface area (Å²) in [6, 6.07) is 4.75. The molecule has 1 rings (SSSR count). The topological polar surface area (TPSA) is 43.4 Å². The summed E-state index contributed by atoms with van der Waals surface area (Å²) in [7, 11) is 1.16. The van der Waals surface area contributed by atoms with Gasteiger partial charge in [-0.25, -0.2) is 4.79 Å². The largest absolute Gasteiger partial charge is 0.463 e. The van der Waals surface area contributed by atoms with Gasteiger partial charge in [0.1, 0.15) is 0 Å². The Morgan fingerprint density at radius 2 is 1.93 bits per heavy atom. The van der Waals surface area contributed by atoms with Crippen LogP contribution < -0.4 is 0 Å². The molecule has 0 amide bonds. The molecule has 0 unspecified atom stereocenters. The van der Waals surface area contributed by atoms with E-state index < -0.39 is 11.8 Å². The maximum absolute atomic E-state index is 11.2. The van der Waals surface area contributed by atoms with Crippen molar-refractivity contribution in [2.45, 2.75) is 6.42 Å². The summed E-state index contributed by atoms with van der Waals surface area (Å²) < 4.78 is 4.29. The third-order valence-corrected chi connectivity index (χ3v) is 2.50. The fourth-order valence-corrected chi connectivity index (χ4v) is 1.34. The molecule has 0 radical (unpaired) electrons. The van der Waals surface area contributed by atoms with Crippen LogP contribution in [-0.2, 0) is 20.7 Å². The Bertz CT molecular complexity index is 402. The second kappa shape index (κ2) is 5.14. The molecule has 0 aliphatic carbocycles. The Kier molecular flexibility index (Phi) is 4.12. The Morgan fingerprint density at radius 3 is 2.47 bits per heavy atom. The Labute approximate surface area is 96.9 Å². The lowest BCUT2D eigenvalue weighted by molar-refractivity contribution is -0.151. The highest BCUT2D eigenvalue weighted by atomic mass is 35.5. The number of carbonyl (C=O) groups excluding carboxylic acids is 2. The van der Waals surface area contributed by atoms with Crippen LogP contribution in [-0.4, -0.2) is 18.9 Å². The van der Waals surface area contributed by atoms with E-state index in [1.54, 1.807) is 18.2 Å². The summed E-state index contributed by atoms with van der Waals surface area (Å²) in [5, 5.41) is 0.762.